The highest BCUT2D eigenvalue weighted by atomic mass is 16.5. The van der Waals surface area contributed by atoms with Crippen molar-refractivity contribution < 1.29 is 25.2 Å². The van der Waals surface area contributed by atoms with Crippen molar-refractivity contribution in [3.8, 4) is 0 Å². The summed E-state index contributed by atoms with van der Waals surface area (Å²) in [6.07, 6.45) is 12.2. The predicted molar refractivity (Wildman–Crippen MR) is 145 cm³/mol. The summed E-state index contributed by atoms with van der Waals surface area (Å²) >= 11 is 0. The van der Waals surface area contributed by atoms with E-state index in [9.17, 15) is 20.4 Å². The summed E-state index contributed by atoms with van der Waals surface area (Å²) in [5.74, 6) is 0. The number of allylic oxidation sites excluding steroid dienone is 6. The Bertz CT molecular complexity index is 724. The van der Waals surface area contributed by atoms with E-state index in [0.29, 0.717) is 32.1 Å². The van der Waals surface area contributed by atoms with Crippen LogP contribution < -0.4 is 0 Å². The first-order chi connectivity index (χ1) is 16.1. The molecule has 0 bridgehead atoms. The maximum absolute atomic E-state index is 10.8. The van der Waals surface area contributed by atoms with Crippen LogP contribution in [0.4, 0.5) is 0 Å². The summed E-state index contributed by atoms with van der Waals surface area (Å²) in [4.78, 5) is 0. The smallest absolute Gasteiger partial charge is 0.0918 e. The number of hydrogen-bond donors (Lipinski definition) is 4. The quantitative estimate of drug-likeness (QED) is 0.205. The lowest BCUT2D eigenvalue weighted by Gasteiger charge is -2.35. The van der Waals surface area contributed by atoms with Crippen LogP contribution in [0.2, 0.25) is 0 Å². The van der Waals surface area contributed by atoms with Crippen molar-refractivity contribution in [2.24, 2.45) is 0 Å². The molecular formula is C30H54O5. The van der Waals surface area contributed by atoms with Gasteiger partial charge in [-0.05, 0) is 120 Å². The number of hydrogen-bond acceptors (Lipinski definition) is 5. The van der Waals surface area contributed by atoms with Gasteiger partial charge in [-0.1, -0.05) is 34.9 Å². The first-order valence-corrected chi connectivity index (χ1v) is 13.5. The predicted octanol–water partition coefficient (Wildman–Crippen LogP) is 6.15. The van der Waals surface area contributed by atoms with Crippen LogP contribution in [-0.4, -0.2) is 55.5 Å². The molecule has 0 amide bonds. The van der Waals surface area contributed by atoms with Crippen molar-refractivity contribution in [1.29, 1.82) is 0 Å². The minimum absolute atomic E-state index is 0.279. The summed E-state index contributed by atoms with van der Waals surface area (Å²) in [7, 11) is 0. The van der Waals surface area contributed by atoms with E-state index >= 15 is 0 Å². The van der Waals surface area contributed by atoms with Crippen molar-refractivity contribution >= 4 is 0 Å². The van der Waals surface area contributed by atoms with Gasteiger partial charge in [0.2, 0.25) is 0 Å². The highest BCUT2D eigenvalue weighted by Crippen LogP contribution is 2.39. The highest BCUT2D eigenvalue weighted by Gasteiger charge is 2.46. The maximum Gasteiger partial charge on any atom is 0.0918 e. The Morgan fingerprint density at radius 1 is 0.914 bits per heavy atom. The Hall–Kier alpha value is -0.980. The fourth-order valence-electron chi connectivity index (χ4n) is 4.64. The molecule has 1 fully saturated rings. The second kappa shape index (κ2) is 14.1. The van der Waals surface area contributed by atoms with Gasteiger partial charge in [-0.25, -0.2) is 0 Å². The van der Waals surface area contributed by atoms with Crippen LogP contribution in [0, 0.1) is 0 Å². The van der Waals surface area contributed by atoms with Crippen LogP contribution in [0.15, 0.2) is 34.9 Å². The minimum Gasteiger partial charge on any atom is -0.390 e. The normalized spacial score (nSPS) is 25.3. The van der Waals surface area contributed by atoms with Crippen LogP contribution in [0.3, 0.4) is 0 Å². The van der Waals surface area contributed by atoms with Crippen LogP contribution in [0.5, 0.6) is 0 Å². The van der Waals surface area contributed by atoms with Crippen LogP contribution >= 0.6 is 0 Å². The second-order valence-electron chi connectivity index (χ2n) is 12.1. The molecule has 1 saturated heterocycles. The summed E-state index contributed by atoms with van der Waals surface area (Å²) in [6.45, 7) is 15.5. The van der Waals surface area contributed by atoms with E-state index in [1.807, 2.05) is 6.92 Å². The van der Waals surface area contributed by atoms with E-state index < -0.39 is 29.0 Å². The molecule has 5 nitrogen and oxygen atoms in total. The Balaban J connectivity index is 2.42. The molecule has 0 radical (unpaired) electrons. The first-order valence-electron chi connectivity index (χ1n) is 13.5. The lowest BCUT2D eigenvalue weighted by atomic mass is 9.85. The van der Waals surface area contributed by atoms with Crippen molar-refractivity contribution in [2.45, 2.75) is 155 Å². The molecule has 1 heterocycles. The molecule has 1 aliphatic rings. The van der Waals surface area contributed by atoms with Gasteiger partial charge in [0.05, 0.1) is 35.1 Å². The third-order valence-corrected chi connectivity index (χ3v) is 7.50. The third kappa shape index (κ3) is 11.7. The monoisotopic (exact) mass is 494 g/mol. The molecule has 204 valence electrons. The Morgan fingerprint density at radius 2 is 1.46 bits per heavy atom. The Labute approximate surface area is 215 Å². The number of aliphatic hydroxyl groups excluding tert-OH is 2. The van der Waals surface area contributed by atoms with Gasteiger partial charge in [0.1, 0.15) is 0 Å². The van der Waals surface area contributed by atoms with E-state index in [4.69, 9.17) is 4.74 Å². The second-order valence-corrected chi connectivity index (χ2v) is 12.1. The number of rotatable bonds is 15. The molecule has 2 unspecified atom stereocenters. The molecule has 0 aliphatic carbocycles. The molecule has 0 aromatic heterocycles. The lowest BCUT2D eigenvalue weighted by Crippen LogP contribution is -2.45. The van der Waals surface area contributed by atoms with Crippen molar-refractivity contribution in [1.82, 2.24) is 0 Å². The molecule has 1 aliphatic heterocycles. The standard InChI is InChI=1S/C30H54O5/c1-22(2)12-9-13-23(3)14-10-15-24(4)16-11-17-25(31)29(7,34)20-18-26(32)30(8)21-19-27(35-30)28(5,6)33/h12,14,16,25-27,31-34H,9-11,13,15,17-21H2,1-8H3/b23-14+,24-16+/t25?,26-,27-,29?,30+/m0/s1. The average Bonchev–Trinajstić information content (AvgIpc) is 3.15. The molecular weight excluding hydrogens is 440 g/mol. The Kier molecular flexibility index (Phi) is 12.9. The van der Waals surface area contributed by atoms with Gasteiger partial charge in [0, 0.05) is 0 Å². The van der Waals surface area contributed by atoms with Crippen LogP contribution in [-0.2, 0) is 4.74 Å². The Morgan fingerprint density at radius 3 is 1.97 bits per heavy atom. The highest BCUT2D eigenvalue weighted by molar-refractivity contribution is 5.05. The van der Waals surface area contributed by atoms with Gasteiger partial charge in [0.15, 0.2) is 0 Å². The van der Waals surface area contributed by atoms with E-state index in [-0.39, 0.29) is 12.5 Å². The molecule has 4 N–H and O–H groups in total. The van der Waals surface area contributed by atoms with Gasteiger partial charge in [-0.15, -0.1) is 0 Å². The fourth-order valence-corrected chi connectivity index (χ4v) is 4.64. The molecule has 5 heteroatoms. The summed E-state index contributed by atoms with van der Waals surface area (Å²) in [6, 6.07) is 0. The summed E-state index contributed by atoms with van der Waals surface area (Å²) < 4.78 is 6.01. The van der Waals surface area contributed by atoms with Gasteiger partial charge < -0.3 is 25.2 Å². The van der Waals surface area contributed by atoms with Gasteiger partial charge >= 0.3 is 0 Å². The molecule has 0 aromatic carbocycles. The first kappa shape index (κ1) is 32.0. The summed E-state index contributed by atoms with van der Waals surface area (Å²) in [5.41, 5.74) is 1.12. The molecule has 0 aromatic rings. The lowest BCUT2D eigenvalue weighted by molar-refractivity contribution is -0.158. The van der Waals surface area contributed by atoms with Crippen molar-refractivity contribution in [3.63, 3.8) is 0 Å². The molecule has 0 spiro atoms. The zero-order chi connectivity index (χ0) is 26.9. The van der Waals surface area contributed by atoms with E-state index in [1.54, 1.807) is 20.8 Å². The van der Waals surface area contributed by atoms with Gasteiger partial charge in [0.25, 0.3) is 0 Å². The van der Waals surface area contributed by atoms with E-state index in [1.165, 1.54) is 16.7 Å². The fraction of sp³-hybridized carbons (Fsp3) is 0.800. The summed E-state index contributed by atoms with van der Waals surface area (Å²) in [5, 5.41) is 42.4. The molecule has 1 rings (SSSR count). The molecule has 35 heavy (non-hydrogen) atoms. The van der Waals surface area contributed by atoms with Crippen molar-refractivity contribution in [2.75, 3.05) is 0 Å². The van der Waals surface area contributed by atoms with E-state index in [2.05, 4.69) is 45.9 Å². The zero-order valence-electron chi connectivity index (χ0n) is 23.7. The van der Waals surface area contributed by atoms with Crippen LogP contribution in [0.1, 0.15) is 120 Å². The van der Waals surface area contributed by atoms with Crippen LogP contribution in [0.25, 0.3) is 0 Å². The number of aliphatic hydroxyl groups is 4. The third-order valence-electron chi connectivity index (χ3n) is 7.50. The SMILES string of the molecule is CC(C)=CCC/C(C)=C/CC/C(C)=C/CCC(O)C(C)(O)CC[C@H](O)[C@@]1(C)CC[C@@H](C(C)(C)O)O1. The largest absolute Gasteiger partial charge is 0.390 e. The van der Waals surface area contributed by atoms with Crippen molar-refractivity contribution in [3.05, 3.63) is 34.9 Å². The average molecular weight is 495 g/mol. The molecule has 5 atom stereocenters. The minimum atomic E-state index is -1.28. The zero-order valence-corrected chi connectivity index (χ0v) is 23.7. The molecule has 0 saturated carbocycles. The van der Waals surface area contributed by atoms with E-state index in [0.717, 1.165) is 25.7 Å². The van der Waals surface area contributed by atoms with Gasteiger partial charge in [-0.2, -0.15) is 0 Å². The maximum atomic E-state index is 10.8. The van der Waals surface area contributed by atoms with Gasteiger partial charge in [-0.3, -0.25) is 0 Å². The topological polar surface area (TPSA) is 90.2 Å². The number of ether oxygens (including phenoxy) is 1.